The van der Waals surface area contributed by atoms with E-state index in [1.165, 1.54) is 49.3 Å². The first-order chi connectivity index (χ1) is 21.7. The van der Waals surface area contributed by atoms with Crippen molar-refractivity contribution in [3.8, 4) is 0 Å². The van der Waals surface area contributed by atoms with Gasteiger partial charge in [-0.25, -0.2) is 22.9 Å². The molecule has 46 heavy (non-hydrogen) atoms. The lowest BCUT2D eigenvalue weighted by Gasteiger charge is -2.34. The summed E-state index contributed by atoms with van der Waals surface area (Å²) in [6.07, 6.45) is -0.942. The third kappa shape index (κ3) is 6.30. The largest absolute Gasteiger partial charge is 0.481 e. The molecule has 2 saturated heterocycles. The summed E-state index contributed by atoms with van der Waals surface area (Å²) in [7, 11) is 1.33. The molecule has 1 aromatic heterocycles. The van der Waals surface area contributed by atoms with Gasteiger partial charge in [0.2, 0.25) is 0 Å². The molecule has 4 heterocycles. The number of esters is 1. The number of hydrogen-bond acceptors (Lipinski definition) is 11. The monoisotopic (exact) mass is 665 g/mol. The van der Waals surface area contributed by atoms with Crippen molar-refractivity contribution >= 4 is 29.1 Å². The second kappa shape index (κ2) is 13.0. The number of fused-ring (bicyclic) bond motifs is 1. The number of aliphatic carboxylic acids is 1. The summed E-state index contributed by atoms with van der Waals surface area (Å²) in [6, 6.07) is 1.31. The van der Waals surface area contributed by atoms with Crippen LogP contribution in [0.2, 0.25) is 0 Å². The maximum Gasteiger partial charge on any atom is 0.338 e. The average Bonchev–Trinajstić information content (AvgIpc) is 3.69. The highest BCUT2D eigenvalue weighted by atomic mass is 32.1. The van der Waals surface area contributed by atoms with Crippen LogP contribution in [0.25, 0.3) is 0 Å². The number of halogens is 3. The quantitative estimate of drug-likeness (QED) is 0.342. The van der Waals surface area contributed by atoms with E-state index in [1.807, 2.05) is 12.3 Å². The standard InChI is InChI=1S/C31H38F3N5O6S/c1-7-44-28(40)23-20(36-26(27-35-16(2)14-46-27)37-24(23)18-9-8-10-19(32)17(18)3)11-38-15-31(33,34)25-21(38)13-45-39(25)12-22(43-6)30(4,5)29(41)42/h8-10,14,21-22,24-25H,7,11-13,15H2,1-6H3,(H,36,37)(H,41,42)/t21-,22-,24-,25+/m0/s1. The molecule has 0 aliphatic carbocycles. The number of carboxylic acids is 1. The van der Waals surface area contributed by atoms with Crippen molar-refractivity contribution in [1.29, 1.82) is 0 Å². The summed E-state index contributed by atoms with van der Waals surface area (Å²) < 4.78 is 57.2. The predicted molar refractivity (Wildman–Crippen MR) is 163 cm³/mol. The summed E-state index contributed by atoms with van der Waals surface area (Å²) >= 11 is 1.32. The lowest BCUT2D eigenvalue weighted by molar-refractivity contribution is -0.205. The molecular weight excluding hydrogens is 627 g/mol. The zero-order valence-corrected chi connectivity index (χ0v) is 27.3. The van der Waals surface area contributed by atoms with Gasteiger partial charge in [0.15, 0.2) is 10.8 Å². The number of carboxylic acid groups (broad SMARTS) is 1. The number of aliphatic imine (C=N–C) groups is 1. The van der Waals surface area contributed by atoms with Crippen LogP contribution in [0, 0.1) is 25.1 Å². The number of likely N-dealkylation sites (tertiary alicyclic amines) is 1. The fraction of sp³-hybridized carbons (Fsp3) is 0.548. The minimum Gasteiger partial charge on any atom is -0.481 e. The van der Waals surface area contributed by atoms with Gasteiger partial charge in [-0.3, -0.25) is 19.5 Å². The Morgan fingerprint density at radius 3 is 2.67 bits per heavy atom. The molecule has 15 heteroatoms. The maximum atomic E-state index is 15.8. The van der Waals surface area contributed by atoms with Gasteiger partial charge in [0.05, 0.1) is 49.4 Å². The van der Waals surface area contributed by atoms with Crippen molar-refractivity contribution < 1.29 is 42.2 Å². The maximum absolute atomic E-state index is 15.8. The minimum atomic E-state index is -3.26. The topological polar surface area (TPSA) is 126 Å². The summed E-state index contributed by atoms with van der Waals surface area (Å²) in [5, 5.41) is 16.4. The number of amidine groups is 1. The van der Waals surface area contributed by atoms with E-state index >= 15 is 8.78 Å². The van der Waals surface area contributed by atoms with Gasteiger partial charge < -0.3 is 19.9 Å². The summed E-state index contributed by atoms with van der Waals surface area (Å²) in [6.45, 7) is 6.97. The van der Waals surface area contributed by atoms with Gasteiger partial charge in [-0.05, 0) is 51.8 Å². The first kappa shape index (κ1) is 34.0. The van der Waals surface area contributed by atoms with Crippen LogP contribution in [-0.4, -0.2) is 102 Å². The number of aromatic nitrogens is 1. The van der Waals surface area contributed by atoms with Crippen LogP contribution >= 0.6 is 11.3 Å². The number of rotatable bonds is 11. The van der Waals surface area contributed by atoms with E-state index < -0.39 is 59.9 Å². The van der Waals surface area contributed by atoms with Gasteiger partial charge in [-0.15, -0.1) is 11.3 Å². The summed E-state index contributed by atoms with van der Waals surface area (Å²) in [5.41, 5.74) is 0.455. The van der Waals surface area contributed by atoms with Gasteiger partial charge >= 0.3 is 11.9 Å². The van der Waals surface area contributed by atoms with Gasteiger partial charge in [0.25, 0.3) is 5.92 Å². The molecule has 2 N–H and O–H groups in total. The van der Waals surface area contributed by atoms with Gasteiger partial charge in [0, 0.05) is 30.4 Å². The molecule has 0 bridgehead atoms. The molecule has 0 radical (unpaired) electrons. The SMILES string of the molecule is CCOC(=O)C1=C(CN2CC(F)(F)[C@H]3[C@@H]2CON3C[C@H](OC)C(C)(C)C(=O)O)NC(c2nc(C)cs2)=N[C@H]1c1cccc(F)c1C. The van der Waals surface area contributed by atoms with Crippen LogP contribution in [0.5, 0.6) is 0 Å². The number of alkyl halides is 2. The van der Waals surface area contributed by atoms with Crippen molar-refractivity contribution in [1.82, 2.24) is 20.3 Å². The number of nitrogens with one attached hydrogen (secondary N) is 1. The number of thiazole rings is 1. The Bertz CT molecular complexity index is 1560. The number of methoxy groups -OCH3 is 1. The van der Waals surface area contributed by atoms with E-state index in [9.17, 15) is 19.1 Å². The number of carbonyl (C=O) groups excluding carboxylic acids is 1. The van der Waals surface area contributed by atoms with Crippen molar-refractivity contribution in [3.63, 3.8) is 0 Å². The van der Waals surface area contributed by atoms with Crippen molar-refractivity contribution in [2.75, 3.05) is 40.0 Å². The molecule has 0 amide bonds. The normalized spacial score (nSPS) is 24.0. The molecule has 0 unspecified atom stereocenters. The third-order valence-electron chi connectivity index (χ3n) is 8.80. The highest BCUT2D eigenvalue weighted by Gasteiger charge is 2.61. The van der Waals surface area contributed by atoms with Crippen molar-refractivity contribution in [3.05, 3.63) is 62.5 Å². The third-order valence-corrected chi connectivity index (χ3v) is 9.76. The molecule has 4 atom stereocenters. The lowest BCUT2D eigenvalue weighted by atomic mass is 9.86. The Labute approximate surface area is 269 Å². The summed E-state index contributed by atoms with van der Waals surface area (Å²) in [4.78, 5) is 42.0. The number of aryl methyl sites for hydroxylation is 1. The Kier molecular flexibility index (Phi) is 9.62. The van der Waals surface area contributed by atoms with Crippen LogP contribution in [0.3, 0.4) is 0 Å². The predicted octanol–water partition coefficient (Wildman–Crippen LogP) is 3.87. The first-order valence-electron chi connectivity index (χ1n) is 14.9. The molecule has 0 spiro atoms. The van der Waals surface area contributed by atoms with E-state index in [0.717, 1.165) is 10.8 Å². The first-order valence-corrected chi connectivity index (χ1v) is 15.8. The van der Waals surface area contributed by atoms with Gasteiger partial charge in [-0.1, -0.05) is 12.1 Å². The van der Waals surface area contributed by atoms with Crippen LogP contribution in [0.15, 0.2) is 39.8 Å². The van der Waals surface area contributed by atoms with Crippen molar-refractivity contribution in [2.45, 2.75) is 64.8 Å². The van der Waals surface area contributed by atoms with E-state index in [-0.39, 0.29) is 37.6 Å². The minimum absolute atomic E-state index is 0.0509. The Hall–Kier alpha value is -3.37. The highest BCUT2D eigenvalue weighted by Crippen LogP contribution is 2.42. The molecule has 5 rings (SSSR count). The highest BCUT2D eigenvalue weighted by molar-refractivity contribution is 7.11. The van der Waals surface area contributed by atoms with Crippen LogP contribution in [-0.2, 0) is 23.9 Å². The average molecular weight is 666 g/mol. The molecule has 2 aromatic rings. The Balaban J connectivity index is 1.53. The van der Waals surface area contributed by atoms with E-state index in [4.69, 9.17) is 19.3 Å². The number of ether oxygens (including phenoxy) is 2. The fourth-order valence-electron chi connectivity index (χ4n) is 6.14. The van der Waals surface area contributed by atoms with Crippen LogP contribution in [0.4, 0.5) is 13.2 Å². The second-order valence-electron chi connectivity index (χ2n) is 12.2. The molecule has 3 aliphatic rings. The molecule has 250 valence electrons. The van der Waals surface area contributed by atoms with Crippen molar-refractivity contribution in [2.24, 2.45) is 10.4 Å². The van der Waals surface area contributed by atoms with Gasteiger partial charge in [-0.2, -0.15) is 5.06 Å². The Morgan fingerprint density at radius 2 is 2.04 bits per heavy atom. The van der Waals surface area contributed by atoms with Gasteiger partial charge in [0.1, 0.15) is 17.9 Å². The van der Waals surface area contributed by atoms with E-state index in [1.54, 1.807) is 19.9 Å². The molecular formula is C31H38F3N5O6S. The van der Waals surface area contributed by atoms with E-state index in [2.05, 4.69) is 10.3 Å². The molecule has 2 fully saturated rings. The van der Waals surface area contributed by atoms with Crippen LogP contribution < -0.4 is 5.32 Å². The summed E-state index contributed by atoms with van der Waals surface area (Å²) in [5.74, 6) is -5.25. The number of nitrogens with zero attached hydrogens (tertiary/aromatic N) is 4. The van der Waals surface area contributed by atoms with Crippen LogP contribution in [0.1, 0.15) is 48.6 Å². The molecule has 11 nitrogen and oxygen atoms in total. The number of hydrogen-bond donors (Lipinski definition) is 2. The smallest absolute Gasteiger partial charge is 0.338 e. The fourth-order valence-corrected chi connectivity index (χ4v) is 6.89. The molecule has 0 saturated carbocycles. The lowest BCUT2D eigenvalue weighted by Crippen LogP contribution is -2.51. The number of hydroxylamine groups is 2. The number of carbonyl (C=O) groups is 2. The Morgan fingerprint density at radius 1 is 1.30 bits per heavy atom. The zero-order chi connectivity index (χ0) is 33.6. The van der Waals surface area contributed by atoms with E-state index in [0.29, 0.717) is 22.0 Å². The molecule has 1 aromatic carbocycles. The zero-order valence-electron chi connectivity index (χ0n) is 26.5. The second-order valence-corrected chi connectivity index (χ2v) is 13.0. The molecule has 3 aliphatic heterocycles. The number of benzene rings is 1.